The Kier molecular flexibility index (Phi) is 7.85. The number of allylic oxidation sites excluding steroid dienone is 1. The molecule has 200 valence electrons. The lowest BCUT2D eigenvalue weighted by Crippen LogP contribution is -2.50. The molecule has 1 aliphatic carbocycles. The Morgan fingerprint density at radius 1 is 1.24 bits per heavy atom. The smallest absolute Gasteiger partial charge is 0.247 e. The molecular formula is C29H36N6O3. The quantitative estimate of drug-likeness (QED) is 0.358. The number of benzene rings is 1. The number of ether oxygens (including phenoxy) is 1. The number of hydrogen-bond acceptors (Lipinski definition) is 7. The monoisotopic (exact) mass is 516 g/mol. The van der Waals surface area contributed by atoms with Crippen molar-refractivity contribution in [3.8, 4) is 0 Å². The maximum atomic E-state index is 13.0. The summed E-state index contributed by atoms with van der Waals surface area (Å²) in [5.74, 6) is 0.419. The minimum absolute atomic E-state index is 0.0453. The number of nitrogens with two attached hydrogens (primary N) is 1. The lowest BCUT2D eigenvalue weighted by molar-refractivity contribution is -0.122. The normalized spacial score (nSPS) is 23.8. The molecule has 0 spiro atoms. The molecule has 5 rings (SSSR count). The molecule has 1 unspecified atom stereocenters. The highest BCUT2D eigenvalue weighted by Gasteiger charge is 2.53. The lowest BCUT2D eigenvalue weighted by Gasteiger charge is -2.23. The summed E-state index contributed by atoms with van der Waals surface area (Å²) in [6, 6.07) is 11.1. The predicted octanol–water partition coefficient (Wildman–Crippen LogP) is 3.26. The van der Waals surface area contributed by atoms with Crippen LogP contribution in [0.5, 0.6) is 0 Å². The van der Waals surface area contributed by atoms with Crippen molar-refractivity contribution in [2.75, 3.05) is 29.9 Å². The van der Waals surface area contributed by atoms with Gasteiger partial charge in [-0.15, -0.1) is 0 Å². The molecule has 3 fully saturated rings. The first-order valence-electron chi connectivity index (χ1n) is 13.5. The van der Waals surface area contributed by atoms with Crippen LogP contribution in [0.3, 0.4) is 0 Å². The molecule has 5 N–H and O–H groups in total. The maximum absolute atomic E-state index is 13.0. The number of rotatable bonds is 10. The molecule has 1 saturated carbocycles. The van der Waals surface area contributed by atoms with Gasteiger partial charge in [0.05, 0.1) is 12.5 Å². The molecule has 38 heavy (non-hydrogen) atoms. The Labute approximate surface area is 223 Å². The zero-order valence-electron chi connectivity index (χ0n) is 21.6. The van der Waals surface area contributed by atoms with Crippen LogP contribution >= 0.6 is 0 Å². The molecule has 2 amide bonds. The van der Waals surface area contributed by atoms with E-state index in [1.807, 2.05) is 30.5 Å². The summed E-state index contributed by atoms with van der Waals surface area (Å²) >= 11 is 0. The minimum Gasteiger partial charge on any atom is -0.388 e. The molecule has 9 heteroatoms. The summed E-state index contributed by atoms with van der Waals surface area (Å²) in [7, 11) is 0. The number of nitrogens with zero attached hydrogens (tertiary/aromatic N) is 2. The number of pyridine rings is 1. The Balaban J connectivity index is 1.19. The predicted molar refractivity (Wildman–Crippen MR) is 148 cm³/mol. The van der Waals surface area contributed by atoms with E-state index in [4.69, 9.17) is 15.9 Å². The van der Waals surface area contributed by atoms with Gasteiger partial charge in [-0.1, -0.05) is 24.3 Å². The van der Waals surface area contributed by atoms with E-state index in [-0.39, 0.29) is 30.3 Å². The Morgan fingerprint density at radius 2 is 2.11 bits per heavy atom. The Bertz CT molecular complexity index is 1220. The molecule has 2 atom stereocenters. The van der Waals surface area contributed by atoms with Gasteiger partial charge in [-0.3, -0.25) is 9.59 Å². The van der Waals surface area contributed by atoms with Gasteiger partial charge < -0.3 is 31.4 Å². The van der Waals surface area contributed by atoms with Crippen LogP contribution < -0.4 is 21.3 Å². The topological polar surface area (TPSA) is 133 Å². The van der Waals surface area contributed by atoms with Crippen molar-refractivity contribution in [1.82, 2.24) is 10.3 Å². The van der Waals surface area contributed by atoms with E-state index in [1.165, 1.54) is 12.6 Å². The summed E-state index contributed by atoms with van der Waals surface area (Å²) in [5.41, 5.74) is 8.79. The summed E-state index contributed by atoms with van der Waals surface area (Å²) in [4.78, 5) is 31.8. The zero-order valence-corrected chi connectivity index (χ0v) is 21.6. The molecule has 2 aromatic rings. The fourth-order valence-electron chi connectivity index (χ4n) is 5.35. The van der Waals surface area contributed by atoms with Gasteiger partial charge in [-0.2, -0.15) is 0 Å². The second kappa shape index (κ2) is 11.4. The fourth-order valence-corrected chi connectivity index (χ4v) is 5.35. The third-order valence-electron chi connectivity index (χ3n) is 7.68. The Morgan fingerprint density at radius 3 is 2.87 bits per heavy atom. The fraction of sp³-hybridized carbons (Fsp3) is 0.448. The van der Waals surface area contributed by atoms with Crippen LogP contribution in [0.1, 0.15) is 49.7 Å². The molecule has 3 heterocycles. The van der Waals surface area contributed by atoms with Crippen molar-refractivity contribution >= 4 is 35.1 Å². The lowest BCUT2D eigenvalue weighted by atomic mass is 9.93. The third kappa shape index (κ3) is 5.95. The summed E-state index contributed by atoms with van der Waals surface area (Å²) < 4.78 is 5.75. The van der Waals surface area contributed by atoms with Gasteiger partial charge in [0.1, 0.15) is 11.4 Å². The maximum Gasteiger partial charge on any atom is 0.247 e. The van der Waals surface area contributed by atoms with Crippen molar-refractivity contribution in [1.29, 1.82) is 5.41 Å². The van der Waals surface area contributed by atoms with E-state index < -0.39 is 5.54 Å². The number of amides is 2. The van der Waals surface area contributed by atoms with Crippen LogP contribution in [0.25, 0.3) is 5.57 Å². The highest BCUT2D eigenvalue weighted by Crippen LogP contribution is 2.44. The molecule has 1 aromatic carbocycles. The highest BCUT2D eigenvalue weighted by molar-refractivity contribution is 6.08. The number of nitrogens with one attached hydrogen (secondary N) is 3. The molecule has 0 bridgehead atoms. The van der Waals surface area contributed by atoms with E-state index in [2.05, 4.69) is 15.6 Å². The first kappa shape index (κ1) is 26.1. The minimum atomic E-state index is -0.763. The standard InChI is InChI=1S/C29H36N6O3/c30-17-22(18-32-19-25-6-1-2-13-38-25)21-5-3-4-20(14-21)15-27(36)34-26-16-24(9-11-33-26)35-12-10-29(31,28(35)37)23-7-8-23/h3-5,9,11,14,16-18,23,25,30,32H,1-2,6-8,10,12-13,15,19,31H2,(H,33,34,36)/b22-18+,30-17?/t25?,29-/m1/s1. The number of hydrogen-bond donors (Lipinski definition) is 4. The summed E-state index contributed by atoms with van der Waals surface area (Å²) in [6.07, 6.45) is 11.1. The molecule has 1 aromatic heterocycles. The van der Waals surface area contributed by atoms with Crippen LogP contribution in [0.15, 0.2) is 48.8 Å². The highest BCUT2D eigenvalue weighted by atomic mass is 16.5. The molecular weight excluding hydrogens is 480 g/mol. The van der Waals surface area contributed by atoms with Crippen LogP contribution in [0.4, 0.5) is 11.5 Å². The number of aromatic nitrogens is 1. The number of anilines is 2. The van der Waals surface area contributed by atoms with E-state index in [9.17, 15) is 9.59 Å². The van der Waals surface area contributed by atoms with E-state index in [0.29, 0.717) is 31.0 Å². The molecule has 3 aliphatic rings. The van der Waals surface area contributed by atoms with Gasteiger partial charge in [-0.25, -0.2) is 4.98 Å². The van der Waals surface area contributed by atoms with Crippen molar-refractivity contribution in [2.45, 2.75) is 56.6 Å². The first-order valence-corrected chi connectivity index (χ1v) is 13.5. The van der Waals surface area contributed by atoms with Crippen LogP contribution in [0, 0.1) is 11.3 Å². The molecule has 9 nitrogen and oxygen atoms in total. The molecule has 2 aliphatic heterocycles. The second-order valence-electron chi connectivity index (χ2n) is 10.5. The zero-order chi connectivity index (χ0) is 26.5. The number of carbonyl (C=O) groups is 2. The molecule has 2 saturated heterocycles. The van der Waals surface area contributed by atoms with E-state index >= 15 is 0 Å². The Hall–Kier alpha value is -3.56. The largest absolute Gasteiger partial charge is 0.388 e. The number of carbonyl (C=O) groups excluding carboxylic acids is 2. The average Bonchev–Trinajstić information content (AvgIpc) is 3.74. The van der Waals surface area contributed by atoms with Gasteiger partial charge in [0.2, 0.25) is 11.8 Å². The van der Waals surface area contributed by atoms with Gasteiger partial charge in [0.25, 0.3) is 0 Å². The third-order valence-corrected chi connectivity index (χ3v) is 7.68. The van der Waals surface area contributed by atoms with Crippen molar-refractivity contribution < 1.29 is 14.3 Å². The van der Waals surface area contributed by atoms with Crippen LogP contribution in [-0.4, -0.2) is 54.4 Å². The van der Waals surface area contributed by atoms with Crippen molar-refractivity contribution in [3.63, 3.8) is 0 Å². The van der Waals surface area contributed by atoms with Crippen molar-refractivity contribution in [3.05, 3.63) is 59.9 Å². The van der Waals surface area contributed by atoms with Gasteiger partial charge in [-0.05, 0) is 61.6 Å². The van der Waals surface area contributed by atoms with Gasteiger partial charge in [0.15, 0.2) is 0 Å². The van der Waals surface area contributed by atoms with Crippen LogP contribution in [-0.2, 0) is 20.7 Å². The SMILES string of the molecule is N=C/C(=C\NCC1CCCCO1)c1cccc(CC(=O)Nc2cc(N3CC[C@@](N)(C4CC4)C3=O)ccn2)c1. The van der Waals surface area contributed by atoms with E-state index in [1.54, 1.807) is 23.2 Å². The van der Waals surface area contributed by atoms with Crippen LogP contribution in [0.2, 0.25) is 0 Å². The first-order chi connectivity index (χ1) is 18.5. The van der Waals surface area contributed by atoms with Gasteiger partial charge >= 0.3 is 0 Å². The van der Waals surface area contributed by atoms with Crippen molar-refractivity contribution in [2.24, 2.45) is 11.7 Å². The van der Waals surface area contributed by atoms with E-state index in [0.717, 1.165) is 49.0 Å². The van der Waals surface area contributed by atoms with Gasteiger partial charge in [0, 0.05) is 55.6 Å². The summed E-state index contributed by atoms with van der Waals surface area (Å²) in [6.45, 7) is 2.09. The second-order valence-corrected chi connectivity index (χ2v) is 10.5. The average molecular weight is 517 g/mol. The molecule has 0 radical (unpaired) electrons. The summed E-state index contributed by atoms with van der Waals surface area (Å²) in [5, 5.41) is 14.0.